The number of fused-ring (bicyclic) bond motifs is 1. The summed E-state index contributed by atoms with van der Waals surface area (Å²) in [6.07, 6.45) is 4.33. The Morgan fingerprint density at radius 3 is 2.79 bits per heavy atom. The molecule has 19 heavy (non-hydrogen) atoms. The van der Waals surface area contributed by atoms with Crippen molar-refractivity contribution in [2.75, 3.05) is 11.5 Å². The zero-order valence-corrected chi connectivity index (χ0v) is 10.6. The van der Waals surface area contributed by atoms with Gasteiger partial charge in [-0.15, -0.1) is 0 Å². The Balaban J connectivity index is 2.06. The normalized spacial score (nSPS) is 11.0. The summed E-state index contributed by atoms with van der Waals surface area (Å²) < 4.78 is 0. The van der Waals surface area contributed by atoms with Gasteiger partial charge in [-0.25, -0.2) is 4.98 Å². The van der Waals surface area contributed by atoms with Crippen molar-refractivity contribution in [1.82, 2.24) is 15.0 Å². The van der Waals surface area contributed by atoms with E-state index in [1.54, 1.807) is 6.20 Å². The second-order valence-electron chi connectivity index (χ2n) is 4.62. The topological polar surface area (TPSA) is 93.6 Å². The third-order valence-corrected chi connectivity index (χ3v) is 3.32. The predicted molar refractivity (Wildman–Crippen MR) is 76.7 cm³/mol. The molecule has 0 spiro atoms. The summed E-state index contributed by atoms with van der Waals surface area (Å²) in [5.74, 6) is 0.647. The zero-order valence-electron chi connectivity index (χ0n) is 10.6. The van der Waals surface area contributed by atoms with Crippen LogP contribution in [0.4, 0.5) is 11.8 Å². The van der Waals surface area contributed by atoms with E-state index < -0.39 is 0 Å². The van der Waals surface area contributed by atoms with Gasteiger partial charge in [0.25, 0.3) is 0 Å². The fourth-order valence-corrected chi connectivity index (χ4v) is 2.29. The Hall–Kier alpha value is -2.56. The summed E-state index contributed by atoms with van der Waals surface area (Å²) in [4.78, 5) is 11.2. The minimum atomic E-state index is 0.206. The third-order valence-electron chi connectivity index (χ3n) is 3.32. The molecule has 0 saturated carbocycles. The lowest BCUT2D eigenvalue weighted by Gasteiger charge is -2.07. The van der Waals surface area contributed by atoms with E-state index in [-0.39, 0.29) is 5.95 Å². The number of nitrogen functional groups attached to an aromatic ring is 2. The van der Waals surface area contributed by atoms with Crippen LogP contribution in [0.25, 0.3) is 10.9 Å². The summed E-state index contributed by atoms with van der Waals surface area (Å²) >= 11 is 0. The van der Waals surface area contributed by atoms with E-state index in [9.17, 15) is 0 Å². The summed E-state index contributed by atoms with van der Waals surface area (Å²) in [5, 5.41) is 1.20. The number of aromatic amines is 1. The maximum atomic E-state index is 5.88. The van der Waals surface area contributed by atoms with Gasteiger partial charge in [-0.1, -0.05) is 12.1 Å². The molecule has 96 valence electrons. The van der Waals surface area contributed by atoms with E-state index in [4.69, 9.17) is 11.5 Å². The fraction of sp³-hybridized carbons (Fsp3) is 0.143. The van der Waals surface area contributed by atoms with Crippen LogP contribution in [-0.4, -0.2) is 15.0 Å². The summed E-state index contributed by atoms with van der Waals surface area (Å²) in [6.45, 7) is 2.09. The smallest absolute Gasteiger partial charge is 0.221 e. The van der Waals surface area contributed by atoms with E-state index in [0.29, 0.717) is 12.2 Å². The van der Waals surface area contributed by atoms with Crippen LogP contribution >= 0.6 is 0 Å². The average Bonchev–Trinajstić information content (AvgIpc) is 2.86. The number of anilines is 2. The molecule has 0 saturated heterocycles. The van der Waals surface area contributed by atoms with Gasteiger partial charge in [0.15, 0.2) is 0 Å². The first-order chi connectivity index (χ1) is 9.15. The highest BCUT2D eigenvalue weighted by atomic mass is 15.0. The molecule has 2 heterocycles. The molecule has 0 aliphatic heterocycles. The van der Waals surface area contributed by atoms with Crippen LogP contribution in [0.1, 0.15) is 16.7 Å². The summed E-state index contributed by atoms with van der Waals surface area (Å²) in [5.41, 5.74) is 15.9. The molecule has 0 radical (unpaired) electrons. The first-order valence-corrected chi connectivity index (χ1v) is 6.07. The molecular weight excluding hydrogens is 238 g/mol. The lowest BCUT2D eigenvalue weighted by molar-refractivity contribution is 1.10. The third kappa shape index (κ3) is 1.99. The number of H-pyrrole nitrogens is 1. The quantitative estimate of drug-likeness (QED) is 0.651. The van der Waals surface area contributed by atoms with Gasteiger partial charge in [-0.3, -0.25) is 0 Å². The first kappa shape index (κ1) is 11.5. The Kier molecular flexibility index (Phi) is 2.59. The molecule has 3 rings (SSSR count). The molecule has 1 aromatic carbocycles. The second kappa shape index (κ2) is 4.28. The van der Waals surface area contributed by atoms with Gasteiger partial charge in [0, 0.05) is 35.3 Å². The van der Waals surface area contributed by atoms with Crippen molar-refractivity contribution < 1.29 is 0 Å². The van der Waals surface area contributed by atoms with Gasteiger partial charge in [0.2, 0.25) is 5.95 Å². The number of aryl methyl sites for hydroxylation is 1. The number of nitrogens with two attached hydrogens (primary N) is 2. The standard InChI is InChI=1S/C14H15N5/c1-8-2-3-9(11-4-5-17-12(8)11)6-10-7-18-14(16)19-13(10)15/h2-5,7,17H,6H2,1H3,(H4,15,16,18,19). The van der Waals surface area contributed by atoms with E-state index in [0.717, 1.165) is 11.1 Å². The molecule has 3 aromatic rings. The number of rotatable bonds is 2. The molecule has 5 heteroatoms. The van der Waals surface area contributed by atoms with Gasteiger partial charge in [0.1, 0.15) is 5.82 Å². The van der Waals surface area contributed by atoms with Crippen LogP contribution in [0, 0.1) is 6.92 Å². The number of hydrogen-bond acceptors (Lipinski definition) is 4. The Bertz CT molecular complexity index is 745. The summed E-state index contributed by atoms with van der Waals surface area (Å²) in [6, 6.07) is 6.29. The van der Waals surface area contributed by atoms with Crippen LogP contribution in [-0.2, 0) is 6.42 Å². The van der Waals surface area contributed by atoms with Crippen molar-refractivity contribution in [3.63, 3.8) is 0 Å². The fourth-order valence-electron chi connectivity index (χ4n) is 2.29. The molecule has 0 unspecified atom stereocenters. The molecular formula is C14H15N5. The Morgan fingerprint density at radius 2 is 2.00 bits per heavy atom. The number of benzene rings is 1. The minimum Gasteiger partial charge on any atom is -0.383 e. The van der Waals surface area contributed by atoms with Gasteiger partial charge < -0.3 is 16.5 Å². The molecule has 0 amide bonds. The largest absolute Gasteiger partial charge is 0.383 e. The molecule has 0 bridgehead atoms. The second-order valence-corrected chi connectivity index (χ2v) is 4.62. The van der Waals surface area contributed by atoms with E-state index in [2.05, 4.69) is 40.1 Å². The molecule has 5 N–H and O–H groups in total. The Labute approximate surface area is 110 Å². The van der Waals surface area contributed by atoms with Crippen LogP contribution in [0.3, 0.4) is 0 Å². The number of nitrogens with zero attached hydrogens (tertiary/aromatic N) is 2. The first-order valence-electron chi connectivity index (χ1n) is 6.07. The maximum absolute atomic E-state index is 5.88. The van der Waals surface area contributed by atoms with Crippen LogP contribution in [0.5, 0.6) is 0 Å². The minimum absolute atomic E-state index is 0.206. The molecule has 5 nitrogen and oxygen atoms in total. The molecule has 0 aliphatic rings. The van der Waals surface area contributed by atoms with Crippen molar-refractivity contribution in [2.24, 2.45) is 0 Å². The van der Waals surface area contributed by atoms with Crippen molar-refractivity contribution in [3.8, 4) is 0 Å². The highest BCUT2D eigenvalue weighted by molar-refractivity contribution is 5.86. The van der Waals surface area contributed by atoms with Gasteiger partial charge in [-0.2, -0.15) is 4.98 Å². The van der Waals surface area contributed by atoms with Crippen LogP contribution < -0.4 is 11.5 Å². The molecule has 0 atom stereocenters. The van der Waals surface area contributed by atoms with Gasteiger partial charge >= 0.3 is 0 Å². The van der Waals surface area contributed by atoms with Crippen molar-refractivity contribution >= 4 is 22.7 Å². The summed E-state index contributed by atoms with van der Waals surface area (Å²) in [7, 11) is 0. The van der Waals surface area contributed by atoms with Crippen molar-refractivity contribution in [2.45, 2.75) is 13.3 Å². The monoisotopic (exact) mass is 253 g/mol. The lowest BCUT2D eigenvalue weighted by atomic mass is 10.0. The SMILES string of the molecule is Cc1ccc(Cc2cnc(N)nc2N)c2cc[nH]c12. The van der Waals surface area contributed by atoms with Crippen LogP contribution in [0.15, 0.2) is 30.6 Å². The van der Waals surface area contributed by atoms with E-state index in [1.165, 1.54) is 16.5 Å². The molecule has 0 fully saturated rings. The molecule has 0 aliphatic carbocycles. The van der Waals surface area contributed by atoms with E-state index in [1.807, 2.05) is 6.20 Å². The number of nitrogens with one attached hydrogen (secondary N) is 1. The number of hydrogen-bond donors (Lipinski definition) is 3. The Morgan fingerprint density at radius 1 is 1.16 bits per heavy atom. The lowest BCUT2D eigenvalue weighted by Crippen LogP contribution is -2.04. The van der Waals surface area contributed by atoms with Crippen molar-refractivity contribution in [3.05, 3.63) is 47.3 Å². The van der Waals surface area contributed by atoms with Crippen LogP contribution in [0.2, 0.25) is 0 Å². The van der Waals surface area contributed by atoms with Gasteiger partial charge in [0.05, 0.1) is 0 Å². The van der Waals surface area contributed by atoms with Gasteiger partial charge in [-0.05, 0) is 24.1 Å². The maximum Gasteiger partial charge on any atom is 0.221 e. The zero-order chi connectivity index (χ0) is 13.4. The van der Waals surface area contributed by atoms with E-state index >= 15 is 0 Å². The van der Waals surface area contributed by atoms with Crippen molar-refractivity contribution in [1.29, 1.82) is 0 Å². The predicted octanol–water partition coefficient (Wildman–Crippen LogP) is 2.02. The number of aromatic nitrogens is 3. The highest BCUT2D eigenvalue weighted by Gasteiger charge is 2.08. The average molecular weight is 253 g/mol. The highest BCUT2D eigenvalue weighted by Crippen LogP contribution is 2.24. The molecule has 2 aromatic heterocycles.